The lowest BCUT2D eigenvalue weighted by Crippen LogP contribution is -1.93. The van der Waals surface area contributed by atoms with Crippen molar-refractivity contribution >= 4 is 0 Å². The highest BCUT2D eigenvalue weighted by Crippen LogP contribution is 2.03. The molecule has 0 unspecified atom stereocenters. The van der Waals surface area contributed by atoms with Crippen molar-refractivity contribution in [2.45, 2.75) is 13.3 Å². The van der Waals surface area contributed by atoms with Crippen LogP contribution in [0.1, 0.15) is 11.1 Å². The Morgan fingerprint density at radius 2 is 1.69 bits per heavy atom. The van der Waals surface area contributed by atoms with Crippen molar-refractivity contribution < 1.29 is 4.74 Å². The second kappa shape index (κ2) is 7.56. The highest BCUT2D eigenvalue weighted by Gasteiger charge is 1.90. The molecule has 0 aliphatic carbocycles. The largest absolute Gasteiger partial charge is 0.384 e. The first-order valence-electron chi connectivity index (χ1n) is 4.37. The quantitative estimate of drug-likeness (QED) is 0.646. The monoisotopic (exact) mass is 178 g/mol. The van der Waals surface area contributed by atoms with Crippen LogP contribution in [0.2, 0.25) is 0 Å². The van der Waals surface area contributed by atoms with Crippen molar-refractivity contribution in [1.29, 1.82) is 0 Å². The minimum Gasteiger partial charge on any atom is -0.384 e. The van der Waals surface area contributed by atoms with Crippen molar-refractivity contribution in [2.24, 2.45) is 0 Å². The first kappa shape index (κ1) is 11.9. The number of rotatable bonds is 3. The third-order valence-corrected chi connectivity index (χ3v) is 1.72. The van der Waals surface area contributed by atoms with Crippen LogP contribution in [0.25, 0.3) is 0 Å². The fraction of sp³-hybridized carbons (Fsp3) is 0.333. The Hall–Kier alpha value is -1.08. The van der Waals surface area contributed by atoms with Crippen LogP contribution in [-0.4, -0.2) is 13.7 Å². The normalized spacial score (nSPS) is 8.77. The molecule has 72 valence electrons. The third-order valence-electron chi connectivity index (χ3n) is 1.72. The lowest BCUT2D eigenvalue weighted by molar-refractivity contribution is 0.202. The molecule has 0 aliphatic heterocycles. The second-order valence-corrected chi connectivity index (χ2v) is 2.73. The number of benzene rings is 1. The Bertz CT molecular complexity index is 213. The zero-order valence-electron chi connectivity index (χ0n) is 8.55. The summed E-state index contributed by atoms with van der Waals surface area (Å²) in [4.78, 5) is 0. The van der Waals surface area contributed by atoms with E-state index in [9.17, 15) is 0 Å². The van der Waals surface area contributed by atoms with Gasteiger partial charge in [-0.3, -0.25) is 0 Å². The predicted molar refractivity (Wildman–Crippen MR) is 58.0 cm³/mol. The molecule has 0 aliphatic rings. The summed E-state index contributed by atoms with van der Waals surface area (Å²) >= 11 is 0. The molecule has 0 spiro atoms. The van der Waals surface area contributed by atoms with Gasteiger partial charge in [-0.15, -0.1) is 13.2 Å². The third kappa shape index (κ3) is 5.21. The molecular formula is C12H18O. The van der Waals surface area contributed by atoms with Gasteiger partial charge < -0.3 is 4.74 Å². The van der Waals surface area contributed by atoms with Gasteiger partial charge in [0, 0.05) is 7.11 Å². The van der Waals surface area contributed by atoms with E-state index in [2.05, 4.69) is 44.3 Å². The Morgan fingerprint density at radius 3 is 2.15 bits per heavy atom. The Balaban J connectivity index is 0.000000671. The first-order valence-corrected chi connectivity index (χ1v) is 4.37. The fourth-order valence-corrected chi connectivity index (χ4v) is 0.975. The standard InChI is InChI=1S/C10H14O.C2H4/c1-9-3-5-10(6-4-9)7-8-11-2;1-2/h3-6H,7-8H2,1-2H3;1-2H2. The van der Waals surface area contributed by atoms with Crippen molar-refractivity contribution in [1.82, 2.24) is 0 Å². The van der Waals surface area contributed by atoms with Gasteiger partial charge in [0.25, 0.3) is 0 Å². The molecule has 1 aromatic carbocycles. The second-order valence-electron chi connectivity index (χ2n) is 2.73. The summed E-state index contributed by atoms with van der Waals surface area (Å²) in [6.45, 7) is 8.91. The highest BCUT2D eigenvalue weighted by atomic mass is 16.5. The summed E-state index contributed by atoms with van der Waals surface area (Å²) in [6.07, 6.45) is 1.01. The number of hydrogen-bond donors (Lipinski definition) is 0. The van der Waals surface area contributed by atoms with Crippen LogP contribution in [-0.2, 0) is 11.2 Å². The van der Waals surface area contributed by atoms with Gasteiger partial charge in [-0.2, -0.15) is 0 Å². The van der Waals surface area contributed by atoms with Crippen LogP contribution in [0.4, 0.5) is 0 Å². The van der Waals surface area contributed by atoms with E-state index in [1.807, 2.05) is 0 Å². The molecule has 1 rings (SSSR count). The van der Waals surface area contributed by atoms with Crippen LogP contribution >= 0.6 is 0 Å². The average Bonchev–Trinajstić information content (AvgIpc) is 2.20. The predicted octanol–water partition coefficient (Wildman–Crippen LogP) is 2.99. The van der Waals surface area contributed by atoms with Gasteiger partial charge in [-0.1, -0.05) is 29.8 Å². The molecule has 0 bridgehead atoms. The molecule has 13 heavy (non-hydrogen) atoms. The summed E-state index contributed by atoms with van der Waals surface area (Å²) in [6, 6.07) is 8.55. The average molecular weight is 178 g/mol. The molecule has 0 amide bonds. The number of aryl methyl sites for hydroxylation is 1. The van der Waals surface area contributed by atoms with Gasteiger partial charge in [0.15, 0.2) is 0 Å². The molecule has 0 saturated heterocycles. The summed E-state index contributed by atoms with van der Waals surface area (Å²) in [7, 11) is 1.73. The van der Waals surface area contributed by atoms with Crippen LogP contribution in [0.5, 0.6) is 0 Å². The van der Waals surface area contributed by atoms with E-state index >= 15 is 0 Å². The van der Waals surface area contributed by atoms with Gasteiger partial charge >= 0.3 is 0 Å². The van der Waals surface area contributed by atoms with E-state index < -0.39 is 0 Å². The molecule has 0 fully saturated rings. The van der Waals surface area contributed by atoms with Gasteiger partial charge in [0.2, 0.25) is 0 Å². The van der Waals surface area contributed by atoms with Crippen molar-refractivity contribution in [3.63, 3.8) is 0 Å². The SMILES string of the molecule is C=C.COCCc1ccc(C)cc1. The fourth-order valence-electron chi connectivity index (χ4n) is 0.975. The van der Waals surface area contributed by atoms with Crippen molar-refractivity contribution in [3.05, 3.63) is 48.6 Å². The summed E-state index contributed by atoms with van der Waals surface area (Å²) in [5.41, 5.74) is 2.66. The summed E-state index contributed by atoms with van der Waals surface area (Å²) in [5.74, 6) is 0. The maximum absolute atomic E-state index is 4.98. The van der Waals surface area contributed by atoms with Crippen LogP contribution in [0, 0.1) is 6.92 Å². The summed E-state index contributed by atoms with van der Waals surface area (Å²) < 4.78 is 4.98. The van der Waals surface area contributed by atoms with Gasteiger partial charge in [-0.25, -0.2) is 0 Å². The van der Waals surface area contributed by atoms with Crippen LogP contribution in [0.3, 0.4) is 0 Å². The van der Waals surface area contributed by atoms with E-state index in [0.717, 1.165) is 13.0 Å². The molecule has 1 aromatic rings. The minimum atomic E-state index is 0.809. The first-order chi connectivity index (χ1) is 6.33. The molecule has 0 saturated carbocycles. The molecule has 1 heteroatoms. The van der Waals surface area contributed by atoms with E-state index in [1.54, 1.807) is 7.11 Å². The minimum absolute atomic E-state index is 0.809. The van der Waals surface area contributed by atoms with Crippen LogP contribution in [0.15, 0.2) is 37.4 Å². The zero-order valence-corrected chi connectivity index (χ0v) is 8.55. The van der Waals surface area contributed by atoms with E-state index in [0.29, 0.717) is 0 Å². The maximum Gasteiger partial charge on any atom is 0.0502 e. The van der Waals surface area contributed by atoms with Gasteiger partial charge in [-0.05, 0) is 18.9 Å². The lowest BCUT2D eigenvalue weighted by Gasteiger charge is -1.99. The number of hydrogen-bond acceptors (Lipinski definition) is 1. The lowest BCUT2D eigenvalue weighted by atomic mass is 10.1. The molecule has 0 N–H and O–H groups in total. The molecule has 0 atom stereocenters. The maximum atomic E-state index is 4.98. The van der Waals surface area contributed by atoms with Gasteiger partial charge in [0.1, 0.15) is 0 Å². The van der Waals surface area contributed by atoms with Crippen LogP contribution < -0.4 is 0 Å². The van der Waals surface area contributed by atoms with E-state index in [-0.39, 0.29) is 0 Å². The van der Waals surface area contributed by atoms with Crippen molar-refractivity contribution in [3.8, 4) is 0 Å². The van der Waals surface area contributed by atoms with E-state index in [1.165, 1.54) is 11.1 Å². The molecule has 0 aromatic heterocycles. The molecule has 0 radical (unpaired) electrons. The zero-order chi connectivity index (χ0) is 10.1. The smallest absolute Gasteiger partial charge is 0.0502 e. The topological polar surface area (TPSA) is 9.23 Å². The van der Waals surface area contributed by atoms with E-state index in [4.69, 9.17) is 4.74 Å². The van der Waals surface area contributed by atoms with Crippen molar-refractivity contribution in [2.75, 3.05) is 13.7 Å². The highest BCUT2D eigenvalue weighted by molar-refractivity contribution is 5.21. The number of methoxy groups -OCH3 is 1. The Morgan fingerprint density at radius 1 is 1.15 bits per heavy atom. The Kier molecular flexibility index (Phi) is 6.93. The molecule has 1 nitrogen and oxygen atoms in total. The summed E-state index contributed by atoms with van der Waals surface area (Å²) in [5, 5.41) is 0. The molecular weight excluding hydrogens is 160 g/mol. The molecule has 0 heterocycles. The number of ether oxygens (including phenoxy) is 1. The van der Waals surface area contributed by atoms with Gasteiger partial charge in [0.05, 0.1) is 6.61 Å². The Labute approximate surface area is 81.1 Å².